The van der Waals surface area contributed by atoms with Crippen LogP contribution in [-0.2, 0) is 0 Å². The zero-order valence-electron chi connectivity index (χ0n) is 15.2. The first-order valence-electron chi connectivity index (χ1n) is 8.89. The molecule has 0 spiro atoms. The molecule has 6 nitrogen and oxygen atoms in total. The number of aromatic nitrogens is 2. The van der Waals surface area contributed by atoms with Crippen molar-refractivity contribution in [2.75, 3.05) is 13.1 Å². The van der Waals surface area contributed by atoms with Gasteiger partial charge in [0.2, 0.25) is 0 Å². The minimum Gasteiger partial charge on any atom is -0.348 e. The predicted octanol–water partition coefficient (Wildman–Crippen LogP) is 3.36. The van der Waals surface area contributed by atoms with E-state index >= 15 is 0 Å². The van der Waals surface area contributed by atoms with Gasteiger partial charge in [0.15, 0.2) is 0 Å². The summed E-state index contributed by atoms with van der Waals surface area (Å²) in [6.45, 7) is 7.79. The van der Waals surface area contributed by atoms with E-state index < -0.39 is 0 Å². The maximum absolute atomic E-state index is 13.0. The van der Waals surface area contributed by atoms with E-state index in [4.69, 9.17) is 4.52 Å². The van der Waals surface area contributed by atoms with Crippen LogP contribution in [0.2, 0.25) is 0 Å². The average molecular weight is 370 g/mol. The third kappa shape index (κ3) is 3.12. The zero-order chi connectivity index (χ0) is 18.3. The summed E-state index contributed by atoms with van der Waals surface area (Å²) in [4.78, 5) is 20.0. The van der Waals surface area contributed by atoms with Crippen LogP contribution in [0.4, 0.5) is 0 Å². The fourth-order valence-corrected chi connectivity index (χ4v) is 4.47. The lowest BCUT2D eigenvalue weighted by atomic mass is 10.0. The van der Waals surface area contributed by atoms with Gasteiger partial charge in [-0.25, -0.2) is 4.98 Å². The first-order valence-corrected chi connectivity index (χ1v) is 9.70. The van der Waals surface area contributed by atoms with E-state index in [0.29, 0.717) is 22.4 Å². The van der Waals surface area contributed by atoms with Crippen molar-refractivity contribution < 1.29 is 9.32 Å². The van der Waals surface area contributed by atoms with E-state index in [1.165, 1.54) is 9.75 Å². The highest BCUT2D eigenvalue weighted by atomic mass is 32.1. The molecule has 1 saturated heterocycles. The summed E-state index contributed by atoms with van der Waals surface area (Å²) >= 11 is 1.72. The fraction of sp³-hybridized carbons (Fsp3) is 0.421. The van der Waals surface area contributed by atoms with Gasteiger partial charge in [-0.2, -0.15) is 0 Å². The molecule has 4 heterocycles. The number of thiophene rings is 1. The normalized spacial score (nSPS) is 17.6. The molecular weight excluding hydrogens is 348 g/mol. The van der Waals surface area contributed by atoms with Crippen LogP contribution in [0, 0.1) is 20.8 Å². The molecular formula is C19H22N4O2S. The number of nitrogens with zero attached hydrogens (tertiary/aromatic N) is 2. The number of rotatable bonds is 3. The third-order valence-corrected chi connectivity index (χ3v) is 5.78. The Morgan fingerprint density at radius 2 is 2.19 bits per heavy atom. The number of piperidine rings is 1. The Balaban J connectivity index is 1.77. The van der Waals surface area contributed by atoms with Gasteiger partial charge in [-0.05, 0) is 52.3 Å². The van der Waals surface area contributed by atoms with Crippen LogP contribution in [0.15, 0.2) is 16.7 Å². The minimum atomic E-state index is -0.0942. The standard InChI is InChI=1S/C19H22N4O2S/c1-10-7-14(12(3)26-10)16-8-15(17-11(2)23-25-19(17)22-16)18(24)21-13-5-4-6-20-9-13/h7-8,13,20H,4-6,9H2,1-3H3,(H,21,24). The molecule has 0 aromatic carbocycles. The number of amides is 1. The Bertz CT molecular complexity index is 969. The number of aryl methyl sites for hydroxylation is 3. The maximum atomic E-state index is 13.0. The number of nitrogens with one attached hydrogen (secondary N) is 2. The lowest BCUT2D eigenvalue weighted by Crippen LogP contribution is -2.45. The second kappa shape index (κ2) is 6.81. The molecule has 1 unspecified atom stereocenters. The highest BCUT2D eigenvalue weighted by Crippen LogP contribution is 2.32. The average Bonchev–Trinajstić information content (AvgIpc) is 3.17. The van der Waals surface area contributed by atoms with E-state index in [2.05, 4.69) is 40.7 Å². The molecule has 2 N–H and O–H groups in total. The molecule has 1 aliphatic heterocycles. The van der Waals surface area contributed by atoms with Gasteiger partial charge in [0, 0.05) is 27.9 Å². The van der Waals surface area contributed by atoms with Crippen LogP contribution >= 0.6 is 11.3 Å². The molecule has 1 aliphatic rings. The number of carbonyl (C=O) groups is 1. The van der Waals surface area contributed by atoms with E-state index in [9.17, 15) is 4.79 Å². The zero-order valence-corrected chi connectivity index (χ0v) is 16.0. The first-order chi connectivity index (χ1) is 12.5. The summed E-state index contributed by atoms with van der Waals surface area (Å²) in [6, 6.07) is 4.12. The highest BCUT2D eigenvalue weighted by Gasteiger charge is 2.23. The lowest BCUT2D eigenvalue weighted by molar-refractivity contribution is 0.0932. The second-order valence-electron chi connectivity index (χ2n) is 6.85. The molecule has 0 saturated carbocycles. The number of carbonyl (C=O) groups excluding carboxylic acids is 1. The van der Waals surface area contributed by atoms with E-state index in [1.807, 2.05) is 13.0 Å². The summed E-state index contributed by atoms with van der Waals surface area (Å²) in [6.07, 6.45) is 2.06. The molecule has 1 fully saturated rings. The largest absolute Gasteiger partial charge is 0.348 e. The Labute approximate surface area is 156 Å². The number of fused-ring (bicyclic) bond motifs is 1. The predicted molar refractivity (Wildman–Crippen MR) is 103 cm³/mol. The maximum Gasteiger partial charge on any atom is 0.259 e. The van der Waals surface area contributed by atoms with Crippen molar-refractivity contribution in [3.63, 3.8) is 0 Å². The number of hydrogen-bond donors (Lipinski definition) is 2. The second-order valence-corrected chi connectivity index (χ2v) is 8.31. The topological polar surface area (TPSA) is 80.0 Å². The Morgan fingerprint density at radius 1 is 1.35 bits per heavy atom. The summed E-state index contributed by atoms with van der Waals surface area (Å²) < 4.78 is 5.39. The molecule has 3 aromatic heterocycles. The van der Waals surface area contributed by atoms with E-state index in [1.54, 1.807) is 11.3 Å². The van der Waals surface area contributed by atoms with E-state index in [0.717, 1.165) is 37.2 Å². The van der Waals surface area contributed by atoms with Crippen molar-refractivity contribution in [2.24, 2.45) is 0 Å². The molecule has 1 amide bonds. The molecule has 1 atom stereocenters. The molecule has 136 valence electrons. The molecule has 4 rings (SSSR count). The smallest absolute Gasteiger partial charge is 0.259 e. The van der Waals surface area contributed by atoms with Gasteiger partial charge >= 0.3 is 0 Å². The van der Waals surface area contributed by atoms with Gasteiger partial charge < -0.3 is 15.2 Å². The minimum absolute atomic E-state index is 0.0942. The van der Waals surface area contributed by atoms with Crippen molar-refractivity contribution >= 4 is 28.3 Å². The molecule has 7 heteroatoms. The monoisotopic (exact) mass is 370 g/mol. The number of pyridine rings is 1. The fourth-order valence-electron chi connectivity index (χ4n) is 3.54. The van der Waals surface area contributed by atoms with Gasteiger partial charge in [-0.3, -0.25) is 4.79 Å². The van der Waals surface area contributed by atoms with Crippen LogP contribution in [0.5, 0.6) is 0 Å². The molecule has 3 aromatic rings. The summed E-state index contributed by atoms with van der Waals surface area (Å²) in [7, 11) is 0. The molecule has 0 bridgehead atoms. The van der Waals surface area contributed by atoms with Crippen LogP contribution in [-0.4, -0.2) is 35.2 Å². The molecule has 0 radical (unpaired) electrons. The Hall–Kier alpha value is -2.25. The Kier molecular flexibility index (Phi) is 4.50. The van der Waals surface area contributed by atoms with Crippen molar-refractivity contribution in [1.29, 1.82) is 0 Å². The highest BCUT2D eigenvalue weighted by molar-refractivity contribution is 7.12. The summed E-state index contributed by atoms with van der Waals surface area (Å²) in [5.74, 6) is -0.0942. The van der Waals surface area contributed by atoms with Gasteiger partial charge in [0.1, 0.15) is 0 Å². The number of hydrogen-bond acceptors (Lipinski definition) is 6. The van der Waals surface area contributed by atoms with Crippen molar-refractivity contribution in [1.82, 2.24) is 20.8 Å². The SMILES string of the molecule is Cc1cc(-c2cc(C(=O)NC3CCCNC3)c3c(C)noc3n2)c(C)s1. The van der Waals surface area contributed by atoms with Crippen molar-refractivity contribution in [3.8, 4) is 11.3 Å². The van der Waals surface area contributed by atoms with Crippen LogP contribution < -0.4 is 10.6 Å². The van der Waals surface area contributed by atoms with Crippen LogP contribution in [0.3, 0.4) is 0 Å². The Morgan fingerprint density at radius 3 is 2.88 bits per heavy atom. The molecule has 0 aliphatic carbocycles. The lowest BCUT2D eigenvalue weighted by Gasteiger charge is -2.24. The summed E-state index contributed by atoms with van der Waals surface area (Å²) in [5.41, 5.74) is 3.47. The van der Waals surface area contributed by atoms with Crippen LogP contribution in [0.1, 0.15) is 38.6 Å². The van der Waals surface area contributed by atoms with Gasteiger partial charge in [0.25, 0.3) is 11.6 Å². The van der Waals surface area contributed by atoms with Crippen LogP contribution in [0.25, 0.3) is 22.4 Å². The van der Waals surface area contributed by atoms with E-state index in [-0.39, 0.29) is 11.9 Å². The quantitative estimate of drug-likeness (QED) is 0.739. The van der Waals surface area contributed by atoms with Crippen molar-refractivity contribution in [3.05, 3.63) is 33.1 Å². The van der Waals surface area contributed by atoms with Gasteiger partial charge in [-0.15, -0.1) is 11.3 Å². The first kappa shape index (κ1) is 17.2. The summed E-state index contributed by atoms with van der Waals surface area (Å²) in [5, 5.41) is 11.2. The van der Waals surface area contributed by atoms with Gasteiger partial charge in [0.05, 0.1) is 22.3 Å². The molecule has 26 heavy (non-hydrogen) atoms. The third-order valence-electron chi connectivity index (χ3n) is 4.81. The van der Waals surface area contributed by atoms with Crippen molar-refractivity contribution in [2.45, 2.75) is 39.7 Å². The van der Waals surface area contributed by atoms with Gasteiger partial charge in [-0.1, -0.05) is 5.16 Å².